The van der Waals surface area contributed by atoms with Gasteiger partial charge in [0.15, 0.2) is 5.82 Å². The number of hydrogen-bond acceptors (Lipinski definition) is 3. The summed E-state index contributed by atoms with van der Waals surface area (Å²) in [6, 6.07) is 10.1. The van der Waals surface area contributed by atoms with Crippen molar-refractivity contribution in [3.8, 4) is 5.82 Å². The molecule has 4 nitrogen and oxygen atoms in total. The number of nitrogens with zero attached hydrogens (tertiary/aromatic N) is 3. The van der Waals surface area contributed by atoms with E-state index in [1.807, 2.05) is 35.1 Å². The van der Waals surface area contributed by atoms with Crippen molar-refractivity contribution in [3.05, 3.63) is 54.0 Å². The van der Waals surface area contributed by atoms with E-state index < -0.39 is 0 Å². The minimum Gasteiger partial charge on any atom is -0.392 e. The Labute approximate surface area is 116 Å². The third-order valence-electron chi connectivity index (χ3n) is 3.85. The van der Waals surface area contributed by atoms with E-state index in [-0.39, 0.29) is 6.61 Å². The summed E-state index contributed by atoms with van der Waals surface area (Å²) in [4.78, 5) is 4.48. The number of aliphatic hydroxyl groups is 1. The molecule has 4 rings (SSSR count). The quantitative estimate of drug-likeness (QED) is 0.792. The first-order valence-corrected chi connectivity index (χ1v) is 6.90. The fourth-order valence-electron chi connectivity index (χ4n) is 2.60. The van der Waals surface area contributed by atoms with Crippen molar-refractivity contribution in [1.82, 2.24) is 14.8 Å². The van der Waals surface area contributed by atoms with E-state index in [1.54, 1.807) is 6.20 Å². The third kappa shape index (κ3) is 1.80. The minimum absolute atomic E-state index is 0.000223. The normalized spacial score (nSPS) is 14.8. The fraction of sp³-hybridized carbons (Fsp3) is 0.250. The van der Waals surface area contributed by atoms with Crippen LogP contribution < -0.4 is 0 Å². The topological polar surface area (TPSA) is 50.9 Å². The molecule has 1 saturated carbocycles. The van der Waals surface area contributed by atoms with Crippen LogP contribution in [0, 0.1) is 0 Å². The Hall–Kier alpha value is -2.20. The Balaban J connectivity index is 1.90. The Morgan fingerprint density at radius 3 is 2.70 bits per heavy atom. The van der Waals surface area contributed by atoms with Crippen molar-refractivity contribution in [2.45, 2.75) is 25.4 Å². The van der Waals surface area contributed by atoms with Gasteiger partial charge in [-0.05, 0) is 24.3 Å². The SMILES string of the molecule is OCc1cnc(-n2ccc(C3CC3)n2)c2ccccc12. The van der Waals surface area contributed by atoms with Crippen molar-refractivity contribution < 1.29 is 5.11 Å². The molecule has 0 atom stereocenters. The molecule has 0 unspecified atom stereocenters. The molecule has 0 amide bonds. The second-order valence-corrected chi connectivity index (χ2v) is 5.27. The zero-order valence-electron chi connectivity index (χ0n) is 11.0. The van der Waals surface area contributed by atoms with E-state index in [9.17, 15) is 5.11 Å². The molecular weight excluding hydrogens is 250 g/mol. The van der Waals surface area contributed by atoms with Crippen LogP contribution in [0.25, 0.3) is 16.6 Å². The maximum Gasteiger partial charge on any atom is 0.161 e. The van der Waals surface area contributed by atoms with Crippen LogP contribution in [0.4, 0.5) is 0 Å². The van der Waals surface area contributed by atoms with Crippen molar-refractivity contribution in [3.63, 3.8) is 0 Å². The smallest absolute Gasteiger partial charge is 0.161 e. The average Bonchev–Trinajstić information content (AvgIpc) is 3.24. The molecule has 3 aromatic rings. The van der Waals surface area contributed by atoms with Crippen molar-refractivity contribution in [1.29, 1.82) is 0 Å². The highest BCUT2D eigenvalue weighted by molar-refractivity contribution is 5.90. The van der Waals surface area contributed by atoms with Crippen LogP contribution in [-0.4, -0.2) is 19.9 Å². The minimum atomic E-state index is 0.000223. The Morgan fingerprint density at radius 1 is 1.15 bits per heavy atom. The summed E-state index contributed by atoms with van der Waals surface area (Å²) < 4.78 is 1.84. The number of rotatable bonds is 3. The van der Waals surface area contributed by atoms with Crippen LogP contribution in [0.1, 0.15) is 30.0 Å². The lowest BCUT2D eigenvalue weighted by molar-refractivity contribution is 0.283. The van der Waals surface area contributed by atoms with Gasteiger partial charge in [-0.2, -0.15) is 5.10 Å². The van der Waals surface area contributed by atoms with E-state index in [0.29, 0.717) is 5.92 Å². The first-order valence-electron chi connectivity index (χ1n) is 6.90. The second-order valence-electron chi connectivity index (χ2n) is 5.27. The predicted octanol–water partition coefficient (Wildman–Crippen LogP) is 2.79. The van der Waals surface area contributed by atoms with Gasteiger partial charge in [-0.1, -0.05) is 24.3 Å². The number of pyridine rings is 1. The molecule has 0 bridgehead atoms. The van der Waals surface area contributed by atoms with Crippen molar-refractivity contribution in [2.24, 2.45) is 0 Å². The van der Waals surface area contributed by atoms with Crippen LogP contribution in [0.3, 0.4) is 0 Å². The number of aliphatic hydroxyl groups excluding tert-OH is 1. The zero-order valence-corrected chi connectivity index (χ0v) is 11.0. The highest BCUT2D eigenvalue weighted by atomic mass is 16.3. The Bertz CT molecular complexity index is 774. The summed E-state index contributed by atoms with van der Waals surface area (Å²) in [6.45, 7) is 0.000223. The molecule has 2 heterocycles. The summed E-state index contributed by atoms with van der Waals surface area (Å²) in [7, 11) is 0. The van der Waals surface area contributed by atoms with Gasteiger partial charge in [0.05, 0.1) is 12.3 Å². The summed E-state index contributed by atoms with van der Waals surface area (Å²) in [5, 5.41) is 16.1. The molecule has 0 spiro atoms. The maximum atomic E-state index is 9.42. The molecule has 100 valence electrons. The van der Waals surface area contributed by atoms with E-state index in [0.717, 1.165) is 27.8 Å². The highest BCUT2D eigenvalue weighted by Gasteiger charge is 2.26. The van der Waals surface area contributed by atoms with E-state index >= 15 is 0 Å². The lowest BCUT2D eigenvalue weighted by Crippen LogP contribution is -2.02. The van der Waals surface area contributed by atoms with Gasteiger partial charge < -0.3 is 5.11 Å². The summed E-state index contributed by atoms with van der Waals surface area (Å²) in [5.41, 5.74) is 2.00. The molecule has 1 aliphatic rings. The molecular formula is C16H15N3O. The lowest BCUT2D eigenvalue weighted by Gasteiger charge is -2.08. The van der Waals surface area contributed by atoms with Gasteiger partial charge in [0, 0.05) is 29.3 Å². The highest BCUT2D eigenvalue weighted by Crippen LogP contribution is 2.39. The average molecular weight is 265 g/mol. The molecule has 4 heteroatoms. The summed E-state index contributed by atoms with van der Waals surface area (Å²) >= 11 is 0. The van der Waals surface area contributed by atoms with Gasteiger partial charge in [0.2, 0.25) is 0 Å². The first-order chi connectivity index (χ1) is 9.86. The number of benzene rings is 1. The van der Waals surface area contributed by atoms with Gasteiger partial charge in [-0.3, -0.25) is 0 Å². The van der Waals surface area contributed by atoms with E-state index in [1.165, 1.54) is 12.8 Å². The van der Waals surface area contributed by atoms with Gasteiger partial charge in [-0.15, -0.1) is 0 Å². The molecule has 0 saturated heterocycles. The fourth-order valence-corrected chi connectivity index (χ4v) is 2.60. The number of fused-ring (bicyclic) bond motifs is 1. The lowest BCUT2D eigenvalue weighted by atomic mass is 10.1. The first kappa shape index (κ1) is 11.6. The van der Waals surface area contributed by atoms with Crippen LogP contribution in [0.2, 0.25) is 0 Å². The molecule has 20 heavy (non-hydrogen) atoms. The van der Waals surface area contributed by atoms with Crippen LogP contribution in [-0.2, 0) is 6.61 Å². The predicted molar refractivity (Wildman–Crippen MR) is 76.8 cm³/mol. The van der Waals surface area contributed by atoms with Gasteiger partial charge in [0.1, 0.15) is 0 Å². The molecule has 1 fully saturated rings. The summed E-state index contributed by atoms with van der Waals surface area (Å²) in [6.07, 6.45) is 6.19. The Morgan fingerprint density at radius 2 is 1.95 bits per heavy atom. The van der Waals surface area contributed by atoms with Gasteiger partial charge in [-0.25, -0.2) is 9.67 Å². The molecule has 1 aliphatic carbocycles. The van der Waals surface area contributed by atoms with Crippen molar-refractivity contribution >= 4 is 10.8 Å². The standard InChI is InChI=1S/C16H15N3O/c20-10-12-9-17-16(14-4-2-1-3-13(12)14)19-8-7-15(18-19)11-5-6-11/h1-4,7-9,11,20H,5-6,10H2. The molecule has 0 radical (unpaired) electrons. The molecule has 2 aromatic heterocycles. The van der Waals surface area contributed by atoms with Gasteiger partial charge in [0.25, 0.3) is 0 Å². The van der Waals surface area contributed by atoms with Crippen LogP contribution >= 0.6 is 0 Å². The zero-order chi connectivity index (χ0) is 13.5. The molecule has 1 aromatic carbocycles. The third-order valence-corrected chi connectivity index (χ3v) is 3.85. The van der Waals surface area contributed by atoms with E-state index in [2.05, 4.69) is 16.1 Å². The maximum absolute atomic E-state index is 9.42. The summed E-state index contributed by atoms with van der Waals surface area (Å²) in [5.74, 6) is 1.46. The molecule has 0 aliphatic heterocycles. The Kier molecular flexibility index (Phi) is 2.57. The van der Waals surface area contributed by atoms with Crippen LogP contribution in [0.5, 0.6) is 0 Å². The van der Waals surface area contributed by atoms with E-state index in [4.69, 9.17) is 0 Å². The van der Waals surface area contributed by atoms with Crippen LogP contribution in [0.15, 0.2) is 42.7 Å². The number of aromatic nitrogens is 3. The largest absolute Gasteiger partial charge is 0.392 e. The monoisotopic (exact) mass is 265 g/mol. The number of hydrogen-bond donors (Lipinski definition) is 1. The molecule has 1 N–H and O–H groups in total. The second kappa shape index (κ2) is 4.42. The van der Waals surface area contributed by atoms with Gasteiger partial charge >= 0.3 is 0 Å². The van der Waals surface area contributed by atoms with Crippen molar-refractivity contribution in [2.75, 3.05) is 0 Å².